The maximum absolute atomic E-state index is 6.19. The standard InChI is InChI=1S/C12H16ClNO/c1-8-7-10(5-4-6-14)12(15-3)11(13)9(8)2/h4-5,7H,6,14H2,1-3H3/b5-4+. The Hall–Kier alpha value is -0.990. The molecule has 0 spiro atoms. The lowest BCUT2D eigenvalue weighted by atomic mass is 10.0. The minimum Gasteiger partial charge on any atom is -0.495 e. The number of hydrogen-bond acceptors (Lipinski definition) is 2. The maximum atomic E-state index is 6.19. The van der Waals surface area contributed by atoms with Crippen molar-refractivity contribution >= 4 is 17.7 Å². The fraction of sp³-hybridized carbons (Fsp3) is 0.333. The average molecular weight is 226 g/mol. The van der Waals surface area contributed by atoms with E-state index in [-0.39, 0.29) is 0 Å². The SMILES string of the molecule is COc1c(/C=C/CN)cc(C)c(C)c1Cl. The molecule has 0 amide bonds. The quantitative estimate of drug-likeness (QED) is 0.859. The number of nitrogens with two attached hydrogens (primary N) is 1. The summed E-state index contributed by atoms with van der Waals surface area (Å²) in [7, 11) is 1.62. The molecule has 0 fully saturated rings. The van der Waals surface area contributed by atoms with Gasteiger partial charge in [-0.1, -0.05) is 23.8 Å². The van der Waals surface area contributed by atoms with Gasteiger partial charge in [-0.05, 0) is 31.0 Å². The van der Waals surface area contributed by atoms with E-state index in [4.69, 9.17) is 22.1 Å². The molecule has 0 radical (unpaired) electrons. The molecule has 1 aromatic rings. The predicted octanol–water partition coefficient (Wildman–Crippen LogP) is 2.94. The lowest BCUT2D eigenvalue weighted by Crippen LogP contribution is -1.95. The fourth-order valence-corrected chi connectivity index (χ4v) is 1.74. The summed E-state index contributed by atoms with van der Waals surface area (Å²) in [6, 6.07) is 2.05. The van der Waals surface area contributed by atoms with Crippen LogP contribution in [0, 0.1) is 13.8 Å². The molecular formula is C12H16ClNO. The Morgan fingerprint density at radius 2 is 2.13 bits per heavy atom. The molecule has 3 heteroatoms. The van der Waals surface area contributed by atoms with E-state index in [1.165, 1.54) is 0 Å². The van der Waals surface area contributed by atoms with Gasteiger partial charge < -0.3 is 10.5 Å². The van der Waals surface area contributed by atoms with Crippen molar-refractivity contribution in [3.8, 4) is 5.75 Å². The second kappa shape index (κ2) is 5.19. The maximum Gasteiger partial charge on any atom is 0.144 e. The first-order valence-electron chi connectivity index (χ1n) is 4.82. The molecule has 0 aliphatic rings. The van der Waals surface area contributed by atoms with Gasteiger partial charge in [0.1, 0.15) is 5.75 Å². The summed E-state index contributed by atoms with van der Waals surface area (Å²) in [6.45, 7) is 4.52. The van der Waals surface area contributed by atoms with E-state index in [2.05, 4.69) is 0 Å². The molecule has 0 bridgehead atoms. The molecule has 0 atom stereocenters. The number of rotatable bonds is 3. The molecule has 0 unspecified atom stereocenters. The summed E-state index contributed by atoms with van der Waals surface area (Å²) in [4.78, 5) is 0. The van der Waals surface area contributed by atoms with Crippen molar-refractivity contribution < 1.29 is 4.74 Å². The molecule has 0 aliphatic carbocycles. The Bertz CT molecular complexity index is 386. The molecule has 0 saturated heterocycles. The van der Waals surface area contributed by atoms with Gasteiger partial charge in [0.15, 0.2) is 0 Å². The monoisotopic (exact) mass is 225 g/mol. The summed E-state index contributed by atoms with van der Waals surface area (Å²) < 4.78 is 5.28. The molecule has 82 valence electrons. The van der Waals surface area contributed by atoms with E-state index in [1.807, 2.05) is 32.1 Å². The highest BCUT2D eigenvalue weighted by Gasteiger charge is 2.10. The van der Waals surface area contributed by atoms with E-state index < -0.39 is 0 Å². The molecule has 1 rings (SSSR count). The second-order valence-electron chi connectivity index (χ2n) is 3.39. The first-order chi connectivity index (χ1) is 7.11. The number of halogens is 1. The molecule has 0 aliphatic heterocycles. The Labute approximate surface area is 95.7 Å². The third-order valence-corrected chi connectivity index (χ3v) is 2.85. The Balaban J connectivity index is 3.31. The largest absolute Gasteiger partial charge is 0.495 e. The van der Waals surface area contributed by atoms with E-state index in [0.29, 0.717) is 17.3 Å². The van der Waals surface area contributed by atoms with Gasteiger partial charge in [-0.2, -0.15) is 0 Å². The molecule has 0 heterocycles. The third kappa shape index (κ3) is 2.52. The van der Waals surface area contributed by atoms with Crippen LogP contribution >= 0.6 is 11.6 Å². The van der Waals surface area contributed by atoms with Crippen molar-refractivity contribution in [1.82, 2.24) is 0 Å². The van der Waals surface area contributed by atoms with Crippen molar-refractivity contribution in [2.75, 3.05) is 13.7 Å². The number of hydrogen-bond donors (Lipinski definition) is 1. The van der Waals surface area contributed by atoms with Crippen molar-refractivity contribution in [3.05, 3.63) is 33.9 Å². The number of methoxy groups -OCH3 is 1. The van der Waals surface area contributed by atoms with Crippen molar-refractivity contribution in [2.24, 2.45) is 5.73 Å². The molecule has 2 N–H and O–H groups in total. The van der Waals surface area contributed by atoms with Crippen LogP contribution in [0.1, 0.15) is 16.7 Å². The highest BCUT2D eigenvalue weighted by molar-refractivity contribution is 6.33. The molecule has 1 aromatic carbocycles. The summed E-state index contributed by atoms with van der Waals surface area (Å²) in [5.41, 5.74) is 8.59. The van der Waals surface area contributed by atoms with Crippen LogP contribution in [0.3, 0.4) is 0 Å². The first kappa shape index (κ1) is 12.1. The van der Waals surface area contributed by atoms with Crippen LogP contribution < -0.4 is 10.5 Å². The van der Waals surface area contributed by atoms with Crippen LogP contribution in [0.4, 0.5) is 0 Å². The Morgan fingerprint density at radius 3 is 2.67 bits per heavy atom. The molecule has 0 aromatic heterocycles. The zero-order chi connectivity index (χ0) is 11.4. The summed E-state index contributed by atoms with van der Waals surface area (Å²) >= 11 is 6.19. The topological polar surface area (TPSA) is 35.2 Å². The van der Waals surface area contributed by atoms with Gasteiger partial charge in [0, 0.05) is 12.1 Å². The summed E-state index contributed by atoms with van der Waals surface area (Å²) in [6.07, 6.45) is 3.81. The molecule has 15 heavy (non-hydrogen) atoms. The van der Waals surface area contributed by atoms with Crippen LogP contribution in [-0.4, -0.2) is 13.7 Å². The summed E-state index contributed by atoms with van der Waals surface area (Å²) in [5.74, 6) is 0.712. The van der Waals surface area contributed by atoms with Crippen LogP contribution in [0.25, 0.3) is 6.08 Å². The molecule has 0 saturated carbocycles. The average Bonchev–Trinajstić information content (AvgIpc) is 2.23. The van der Waals surface area contributed by atoms with Crippen molar-refractivity contribution in [1.29, 1.82) is 0 Å². The van der Waals surface area contributed by atoms with Gasteiger partial charge in [0.05, 0.1) is 12.1 Å². The highest BCUT2D eigenvalue weighted by atomic mass is 35.5. The van der Waals surface area contributed by atoms with Crippen LogP contribution in [-0.2, 0) is 0 Å². The third-order valence-electron chi connectivity index (χ3n) is 2.39. The minimum atomic E-state index is 0.508. The van der Waals surface area contributed by atoms with Gasteiger partial charge in [-0.15, -0.1) is 0 Å². The van der Waals surface area contributed by atoms with E-state index >= 15 is 0 Å². The zero-order valence-electron chi connectivity index (χ0n) is 9.30. The molecule has 2 nitrogen and oxygen atoms in total. The van der Waals surface area contributed by atoms with Crippen LogP contribution in [0.15, 0.2) is 12.1 Å². The number of aryl methyl sites for hydroxylation is 1. The van der Waals surface area contributed by atoms with Crippen molar-refractivity contribution in [2.45, 2.75) is 13.8 Å². The van der Waals surface area contributed by atoms with Crippen LogP contribution in [0.2, 0.25) is 5.02 Å². The van der Waals surface area contributed by atoms with Gasteiger partial charge in [0.2, 0.25) is 0 Å². The second-order valence-corrected chi connectivity index (χ2v) is 3.77. The fourth-order valence-electron chi connectivity index (χ4n) is 1.40. The Kier molecular flexibility index (Phi) is 4.18. The lowest BCUT2D eigenvalue weighted by Gasteiger charge is -2.12. The Morgan fingerprint density at radius 1 is 1.47 bits per heavy atom. The van der Waals surface area contributed by atoms with E-state index in [0.717, 1.165) is 16.7 Å². The van der Waals surface area contributed by atoms with Crippen molar-refractivity contribution in [3.63, 3.8) is 0 Å². The van der Waals surface area contributed by atoms with Gasteiger partial charge in [0.25, 0.3) is 0 Å². The highest BCUT2D eigenvalue weighted by Crippen LogP contribution is 2.34. The molecular weight excluding hydrogens is 210 g/mol. The van der Waals surface area contributed by atoms with Gasteiger partial charge in [-0.3, -0.25) is 0 Å². The predicted molar refractivity (Wildman–Crippen MR) is 65.6 cm³/mol. The smallest absolute Gasteiger partial charge is 0.144 e. The van der Waals surface area contributed by atoms with E-state index in [9.17, 15) is 0 Å². The van der Waals surface area contributed by atoms with Gasteiger partial charge >= 0.3 is 0 Å². The number of ether oxygens (including phenoxy) is 1. The lowest BCUT2D eigenvalue weighted by molar-refractivity contribution is 0.413. The summed E-state index contributed by atoms with van der Waals surface area (Å²) in [5, 5.41) is 0.675. The van der Waals surface area contributed by atoms with Crippen LogP contribution in [0.5, 0.6) is 5.75 Å². The zero-order valence-corrected chi connectivity index (χ0v) is 10.1. The number of benzene rings is 1. The van der Waals surface area contributed by atoms with E-state index in [1.54, 1.807) is 7.11 Å². The normalized spacial score (nSPS) is 11.0. The minimum absolute atomic E-state index is 0.508. The van der Waals surface area contributed by atoms with Gasteiger partial charge in [-0.25, -0.2) is 0 Å². The first-order valence-corrected chi connectivity index (χ1v) is 5.20.